The fourth-order valence-corrected chi connectivity index (χ4v) is 2.00. The predicted octanol–water partition coefficient (Wildman–Crippen LogP) is 0.0294. The second-order valence-corrected chi connectivity index (χ2v) is 4.67. The van der Waals surface area contributed by atoms with Crippen molar-refractivity contribution in [1.82, 2.24) is 15.5 Å². The number of hydrogen-bond donors (Lipinski definition) is 2. The van der Waals surface area contributed by atoms with Gasteiger partial charge in [-0.3, -0.25) is 5.32 Å². The van der Waals surface area contributed by atoms with E-state index in [4.69, 9.17) is 0 Å². The van der Waals surface area contributed by atoms with Crippen molar-refractivity contribution in [3.05, 3.63) is 0 Å². The van der Waals surface area contributed by atoms with E-state index in [1.54, 1.807) is 0 Å². The SMILES string of the molecule is CC1CNCCC1(C#N)NCCN(C)C. The Hall–Kier alpha value is -0.630. The smallest absolute Gasteiger partial charge is 0.111 e. The Morgan fingerprint density at radius 3 is 2.87 bits per heavy atom. The van der Waals surface area contributed by atoms with Crippen molar-refractivity contribution < 1.29 is 0 Å². The Morgan fingerprint density at radius 2 is 2.33 bits per heavy atom. The summed E-state index contributed by atoms with van der Waals surface area (Å²) in [6.45, 7) is 5.86. The molecule has 2 unspecified atom stereocenters. The van der Waals surface area contributed by atoms with Crippen LogP contribution in [0.15, 0.2) is 0 Å². The van der Waals surface area contributed by atoms with Gasteiger partial charge in [0, 0.05) is 25.6 Å². The Labute approximate surface area is 92.6 Å². The van der Waals surface area contributed by atoms with Crippen LogP contribution < -0.4 is 10.6 Å². The standard InChI is InChI=1S/C11H22N4/c1-10-8-13-5-4-11(10,9-12)14-6-7-15(2)3/h10,13-14H,4-8H2,1-3H3. The van der Waals surface area contributed by atoms with Gasteiger partial charge in [0.05, 0.1) is 6.07 Å². The Kier molecular flexibility index (Phi) is 4.52. The summed E-state index contributed by atoms with van der Waals surface area (Å²) in [6, 6.07) is 2.47. The topological polar surface area (TPSA) is 51.1 Å². The van der Waals surface area contributed by atoms with E-state index in [1.165, 1.54) is 0 Å². The molecule has 1 aliphatic rings. The van der Waals surface area contributed by atoms with Gasteiger partial charge in [0.2, 0.25) is 0 Å². The van der Waals surface area contributed by atoms with Crippen LogP contribution in [0, 0.1) is 17.2 Å². The molecule has 0 aromatic rings. The lowest BCUT2D eigenvalue weighted by Crippen LogP contribution is -2.58. The van der Waals surface area contributed by atoms with Gasteiger partial charge in [-0.2, -0.15) is 5.26 Å². The van der Waals surface area contributed by atoms with Gasteiger partial charge in [-0.15, -0.1) is 0 Å². The second kappa shape index (κ2) is 5.45. The molecule has 0 spiro atoms. The van der Waals surface area contributed by atoms with Crippen LogP contribution in [-0.4, -0.2) is 50.7 Å². The molecule has 0 saturated carbocycles. The number of rotatable bonds is 4. The molecule has 1 saturated heterocycles. The zero-order valence-corrected chi connectivity index (χ0v) is 10.0. The van der Waals surface area contributed by atoms with E-state index in [0.717, 1.165) is 32.6 Å². The molecule has 15 heavy (non-hydrogen) atoms. The summed E-state index contributed by atoms with van der Waals surface area (Å²) >= 11 is 0. The first-order chi connectivity index (χ1) is 7.10. The maximum atomic E-state index is 9.32. The number of likely N-dealkylation sites (N-methyl/N-ethyl adjacent to an activating group) is 1. The predicted molar refractivity (Wildman–Crippen MR) is 61.6 cm³/mol. The summed E-state index contributed by atoms with van der Waals surface area (Å²) in [5.41, 5.74) is -0.318. The lowest BCUT2D eigenvalue weighted by Gasteiger charge is -2.38. The van der Waals surface area contributed by atoms with Crippen LogP contribution in [0.25, 0.3) is 0 Å². The number of nitrogens with one attached hydrogen (secondary N) is 2. The average Bonchev–Trinajstić information content (AvgIpc) is 2.21. The maximum absolute atomic E-state index is 9.32. The number of hydrogen-bond acceptors (Lipinski definition) is 4. The normalized spacial score (nSPS) is 31.5. The van der Waals surface area contributed by atoms with E-state index in [2.05, 4.69) is 28.5 Å². The van der Waals surface area contributed by atoms with Gasteiger partial charge in [-0.25, -0.2) is 0 Å². The second-order valence-electron chi connectivity index (χ2n) is 4.67. The fourth-order valence-electron chi connectivity index (χ4n) is 2.00. The molecule has 0 radical (unpaired) electrons. The first-order valence-corrected chi connectivity index (χ1v) is 5.62. The van der Waals surface area contributed by atoms with Crippen molar-refractivity contribution in [1.29, 1.82) is 5.26 Å². The van der Waals surface area contributed by atoms with Gasteiger partial charge in [0.1, 0.15) is 5.54 Å². The largest absolute Gasteiger partial charge is 0.316 e. The molecule has 1 aliphatic heterocycles. The molecule has 86 valence electrons. The lowest BCUT2D eigenvalue weighted by molar-refractivity contribution is 0.220. The molecule has 0 amide bonds. The van der Waals surface area contributed by atoms with Gasteiger partial charge in [-0.1, -0.05) is 6.92 Å². The van der Waals surface area contributed by atoms with E-state index in [-0.39, 0.29) is 5.54 Å². The summed E-state index contributed by atoms with van der Waals surface area (Å²) in [7, 11) is 4.10. The van der Waals surface area contributed by atoms with Gasteiger partial charge in [-0.05, 0) is 27.1 Å². The molecule has 0 aromatic heterocycles. The third-order valence-electron chi connectivity index (χ3n) is 3.19. The number of nitriles is 1. The van der Waals surface area contributed by atoms with Crippen LogP contribution in [0.5, 0.6) is 0 Å². The zero-order valence-electron chi connectivity index (χ0n) is 10.0. The van der Waals surface area contributed by atoms with Crippen molar-refractivity contribution in [2.45, 2.75) is 18.9 Å². The molecular formula is C11H22N4. The van der Waals surface area contributed by atoms with Crippen LogP contribution in [0.4, 0.5) is 0 Å². The minimum atomic E-state index is -0.318. The van der Waals surface area contributed by atoms with Crippen molar-refractivity contribution in [3.8, 4) is 6.07 Å². The molecule has 1 fully saturated rings. The van der Waals surface area contributed by atoms with Crippen LogP contribution in [-0.2, 0) is 0 Å². The van der Waals surface area contributed by atoms with E-state index in [0.29, 0.717) is 5.92 Å². The third-order valence-corrected chi connectivity index (χ3v) is 3.19. The van der Waals surface area contributed by atoms with E-state index < -0.39 is 0 Å². The maximum Gasteiger partial charge on any atom is 0.111 e. The molecule has 0 aromatic carbocycles. The molecule has 1 heterocycles. The molecule has 0 aliphatic carbocycles. The zero-order chi connectivity index (χ0) is 11.3. The highest BCUT2D eigenvalue weighted by atomic mass is 15.1. The molecular weight excluding hydrogens is 188 g/mol. The lowest BCUT2D eigenvalue weighted by atomic mass is 9.81. The number of piperidine rings is 1. The first kappa shape index (κ1) is 12.4. The minimum Gasteiger partial charge on any atom is -0.316 e. The molecule has 0 bridgehead atoms. The van der Waals surface area contributed by atoms with Gasteiger partial charge in [0.15, 0.2) is 0 Å². The van der Waals surface area contributed by atoms with Gasteiger partial charge in [0.25, 0.3) is 0 Å². The van der Waals surface area contributed by atoms with Gasteiger partial charge >= 0.3 is 0 Å². The summed E-state index contributed by atoms with van der Waals surface area (Å²) in [5.74, 6) is 0.374. The van der Waals surface area contributed by atoms with Gasteiger partial charge < -0.3 is 10.2 Å². The number of nitrogens with zero attached hydrogens (tertiary/aromatic N) is 2. The molecule has 1 rings (SSSR count). The average molecular weight is 210 g/mol. The highest BCUT2D eigenvalue weighted by Crippen LogP contribution is 2.23. The summed E-state index contributed by atoms with van der Waals surface area (Å²) in [4.78, 5) is 2.13. The Morgan fingerprint density at radius 1 is 1.60 bits per heavy atom. The summed E-state index contributed by atoms with van der Waals surface area (Å²) < 4.78 is 0. The Bertz CT molecular complexity index is 233. The van der Waals surface area contributed by atoms with E-state index in [1.807, 2.05) is 14.1 Å². The fraction of sp³-hybridized carbons (Fsp3) is 0.909. The minimum absolute atomic E-state index is 0.318. The van der Waals surface area contributed by atoms with Crippen LogP contribution in [0.2, 0.25) is 0 Å². The van der Waals surface area contributed by atoms with Crippen LogP contribution in [0.3, 0.4) is 0 Å². The highest BCUT2D eigenvalue weighted by Gasteiger charge is 2.37. The van der Waals surface area contributed by atoms with Crippen LogP contribution in [0.1, 0.15) is 13.3 Å². The Balaban J connectivity index is 2.48. The quantitative estimate of drug-likeness (QED) is 0.687. The third kappa shape index (κ3) is 3.16. The molecule has 2 atom stereocenters. The summed E-state index contributed by atoms with van der Waals surface area (Å²) in [5, 5.41) is 16.1. The van der Waals surface area contributed by atoms with Crippen molar-refractivity contribution >= 4 is 0 Å². The monoisotopic (exact) mass is 210 g/mol. The summed E-state index contributed by atoms with van der Waals surface area (Å²) in [6.07, 6.45) is 0.901. The molecule has 4 heteroatoms. The highest BCUT2D eigenvalue weighted by molar-refractivity contribution is 5.12. The van der Waals surface area contributed by atoms with E-state index >= 15 is 0 Å². The van der Waals surface area contributed by atoms with Crippen molar-refractivity contribution in [2.24, 2.45) is 5.92 Å². The van der Waals surface area contributed by atoms with E-state index in [9.17, 15) is 5.26 Å². The van der Waals surface area contributed by atoms with Crippen molar-refractivity contribution in [3.63, 3.8) is 0 Å². The molecule has 2 N–H and O–H groups in total. The van der Waals surface area contributed by atoms with Crippen molar-refractivity contribution in [2.75, 3.05) is 40.3 Å². The van der Waals surface area contributed by atoms with Crippen LogP contribution >= 0.6 is 0 Å². The molecule has 4 nitrogen and oxygen atoms in total. The first-order valence-electron chi connectivity index (χ1n) is 5.62.